The molecule has 4 nitrogen and oxygen atoms in total. The van der Waals surface area contributed by atoms with Gasteiger partial charge in [-0.05, 0) is 31.0 Å². The van der Waals surface area contributed by atoms with Crippen molar-refractivity contribution < 1.29 is 18.7 Å². The van der Waals surface area contributed by atoms with Crippen LogP contribution < -0.4 is 0 Å². The zero-order chi connectivity index (χ0) is 15.3. The van der Waals surface area contributed by atoms with Crippen LogP contribution in [0, 0.1) is 11.7 Å². The van der Waals surface area contributed by atoms with Crippen molar-refractivity contribution in [2.24, 2.45) is 5.92 Å². The van der Waals surface area contributed by atoms with Crippen molar-refractivity contribution in [1.82, 2.24) is 4.90 Å². The molecule has 0 aliphatic carbocycles. The van der Waals surface area contributed by atoms with E-state index in [4.69, 9.17) is 9.47 Å². The molecular formula is C17H20FNO3. The molecule has 2 bridgehead atoms. The van der Waals surface area contributed by atoms with Crippen LogP contribution in [0.3, 0.4) is 0 Å². The molecule has 0 aromatic heterocycles. The molecule has 0 radical (unpaired) electrons. The van der Waals surface area contributed by atoms with Crippen LogP contribution in [0.5, 0.6) is 0 Å². The average Bonchev–Trinajstić information content (AvgIpc) is 2.97. The van der Waals surface area contributed by atoms with E-state index < -0.39 is 0 Å². The van der Waals surface area contributed by atoms with E-state index in [1.807, 2.05) is 6.92 Å². The highest BCUT2D eigenvalue weighted by Crippen LogP contribution is 2.47. The maximum atomic E-state index is 13.1. The molecule has 3 heterocycles. The Bertz CT molecular complexity index is 576. The molecule has 3 fully saturated rings. The lowest BCUT2D eigenvalue weighted by molar-refractivity contribution is -0.164. The predicted molar refractivity (Wildman–Crippen MR) is 77.5 cm³/mol. The molecule has 3 aliphatic rings. The lowest BCUT2D eigenvalue weighted by atomic mass is 9.96. The summed E-state index contributed by atoms with van der Waals surface area (Å²) >= 11 is 0. The molecule has 0 N–H and O–H groups in total. The fourth-order valence-corrected chi connectivity index (χ4v) is 4.26. The first-order valence-electron chi connectivity index (χ1n) is 7.97. The van der Waals surface area contributed by atoms with Gasteiger partial charge in [-0.2, -0.15) is 0 Å². The van der Waals surface area contributed by atoms with Crippen LogP contribution >= 0.6 is 0 Å². The van der Waals surface area contributed by atoms with Gasteiger partial charge in [0.05, 0.1) is 12.1 Å². The van der Waals surface area contributed by atoms with E-state index in [2.05, 4.69) is 4.90 Å². The summed E-state index contributed by atoms with van der Waals surface area (Å²) in [6, 6.07) is 6.72. The number of rotatable bonds is 4. The minimum Gasteiger partial charge on any atom is -0.353 e. The third kappa shape index (κ3) is 2.19. The number of nitrogens with zero attached hydrogens (tertiary/aromatic N) is 1. The molecule has 5 atom stereocenters. The zero-order valence-corrected chi connectivity index (χ0v) is 12.6. The summed E-state index contributed by atoms with van der Waals surface area (Å²) in [5.74, 6) is 0.295. The topological polar surface area (TPSA) is 38.8 Å². The summed E-state index contributed by atoms with van der Waals surface area (Å²) in [6.07, 6.45) is 1.06. The van der Waals surface area contributed by atoms with Gasteiger partial charge in [-0.15, -0.1) is 0 Å². The average molecular weight is 305 g/mol. The standard InChI is InChI=1S/C17H20FNO3/c1-2-21-17-12-7-13-14(20)8-15(22-17)16(12)19(13)9-10-3-5-11(18)6-4-10/h3-6,12-13,15-17H,2,7-9H2,1H3/t12-,13-,15?,16+,17-/m0/s1. The Morgan fingerprint density at radius 2 is 2.14 bits per heavy atom. The van der Waals surface area contributed by atoms with Gasteiger partial charge in [0.1, 0.15) is 5.82 Å². The Hall–Kier alpha value is -1.30. The molecule has 0 amide bonds. The van der Waals surface area contributed by atoms with E-state index in [1.165, 1.54) is 12.1 Å². The lowest BCUT2D eigenvalue weighted by Crippen LogP contribution is -2.51. The van der Waals surface area contributed by atoms with Crippen molar-refractivity contribution in [2.75, 3.05) is 6.61 Å². The van der Waals surface area contributed by atoms with Crippen LogP contribution in [0.25, 0.3) is 0 Å². The van der Waals surface area contributed by atoms with Crippen LogP contribution in [0.15, 0.2) is 24.3 Å². The molecule has 0 saturated carbocycles. The van der Waals surface area contributed by atoms with Gasteiger partial charge in [-0.3, -0.25) is 9.69 Å². The van der Waals surface area contributed by atoms with Crippen LogP contribution in [0.4, 0.5) is 4.39 Å². The minimum absolute atomic E-state index is 0.0387. The number of hydrogen-bond donors (Lipinski definition) is 0. The van der Waals surface area contributed by atoms with E-state index >= 15 is 0 Å². The molecule has 1 aromatic carbocycles. The number of carbonyl (C=O) groups excluding carboxylic acids is 1. The number of ether oxygens (including phenoxy) is 2. The van der Waals surface area contributed by atoms with Gasteiger partial charge >= 0.3 is 0 Å². The summed E-state index contributed by atoms with van der Waals surface area (Å²) in [5.41, 5.74) is 1.03. The van der Waals surface area contributed by atoms with E-state index in [9.17, 15) is 9.18 Å². The molecule has 22 heavy (non-hydrogen) atoms. The van der Waals surface area contributed by atoms with Crippen molar-refractivity contribution >= 4 is 5.78 Å². The fraction of sp³-hybridized carbons (Fsp3) is 0.588. The van der Waals surface area contributed by atoms with Gasteiger partial charge in [0.25, 0.3) is 0 Å². The normalized spacial score (nSPS) is 37.0. The van der Waals surface area contributed by atoms with Crippen LogP contribution in [0.1, 0.15) is 25.3 Å². The number of fused-ring (bicyclic) bond motifs is 1. The number of ketones is 1. The lowest BCUT2D eigenvalue weighted by Gasteiger charge is -2.36. The number of Topliss-reactive ketones (excluding diaryl/α,β-unsaturated/α-hetero) is 1. The fourth-order valence-electron chi connectivity index (χ4n) is 4.26. The highest BCUT2D eigenvalue weighted by Gasteiger charge is 2.60. The number of hydrogen-bond acceptors (Lipinski definition) is 4. The van der Waals surface area contributed by atoms with E-state index in [1.54, 1.807) is 12.1 Å². The second-order valence-electron chi connectivity index (χ2n) is 6.37. The number of benzene rings is 1. The summed E-state index contributed by atoms with van der Waals surface area (Å²) in [6.45, 7) is 3.25. The monoisotopic (exact) mass is 305 g/mol. The molecule has 1 unspecified atom stereocenters. The largest absolute Gasteiger partial charge is 0.353 e. The number of piperidine rings is 1. The molecular weight excluding hydrogens is 285 g/mol. The number of halogens is 1. The molecule has 3 aliphatic heterocycles. The molecule has 118 valence electrons. The van der Waals surface area contributed by atoms with Crippen molar-refractivity contribution in [3.8, 4) is 0 Å². The quantitative estimate of drug-likeness (QED) is 0.854. The molecule has 0 spiro atoms. The van der Waals surface area contributed by atoms with Crippen LogP contribution in [-0.4, -0.2) is 41.8 Å². The van der Waals surface area contributed by atoms with Crippen molar-refractivity contribution in [1.29, 1.82) is 0 Å². The van der Waals surface area contributed by atoms with E-state index in [0.717, 1.165) is 12.0 Å². The molecule has 3 saturated heterocycles. The Morgan fingerprint density at radius 1 is 1.36 bits per heavy atom. The summed E-state index contributed by atoms with van der Waals surface area (Å²) in [5, 5.41) is 0. The van der Waals surface area contributed by atoms with Crippen LogP contribution in [0.2, 0.25) is 0 Å². The first-order valence-corrected chi connectivity index (χ1v) is 7.97. The van der Waals surface area contributed by atoms with Crippen molar-refractivity contribution in [2.45, 2.75) is 50.8 Å². The van der Waals surface area contributed by atoms with Gasteiger partial charge in [0, 0.05) is 31.5 Å². The van der Waals surface area contributed by atoms with Gasteiger partial charge in [0.15, 0.2) is 12.1 Å². The highest BCUT2D eigenvalue weighted by molar-refractivity contribution is 5.86. The second kappa shape index (κ2) is 5.41. The smallest absolute Gasteiger partial charge is 0.162 e. The maximum absolute atomic E-state index is 13.1. The first-order chi connectivity index (χ1) is 10.7. The minimum atomic E-state index is -0.235. The highest BCUT2D eigenvalue weighted by atomic mass is 19.1. The van der Waals surface area contributed by atoms with E-state index in [0.29, 0.717) is 19.6 Å². The summed E-state index contributed by atoms with van der Waals surface area (Å²) in [4.78, 5) is 14.6. The Kier molecular flexibility index (Phi) is 3.51. The Morgan fingerprint density at radius 3 is 2.86 bits per heavy atom. The maximum Gasteiger partial charge on any atom is 0.162 e. The van der Waals surface area contributed by atoms with Crippen molar-refractivity contribution in [3.05, 3.63) is 35.6 Å². The van der Waals surface area contributed by atoms with Crippen LogP contribution in [-0.2, 0) is 20.8 Å². The Labute approximate surface area is 129 Å². The first kappa shape index (κ1) is 14.3. The Balaban J connectivity index is 1.58. The molecule has 5 heteroatoms. The third-order valence-corrected chi connectivity index (χ3v) is 5.14. The second-order valence-corrected chi connectivity index (χ2v) is 6.37. The van der Waals surface area contributed by atoms with E-state index in [-0.39, 0.29) is 42.0 Å². The van der Waals surface area contributed by atoms with Gasteiger partial charge < -0.3 is 9.47 Å². The van der Waals surface area contributed by atoms with Gasteiger partial charge in [-0.25, -0.2) is 4.39 Å². The van der Waals surface area contributed by atoms with Crippen molar-refractivity contribution in [3.63, 3.8) is 0 Å². The third-order valence-electron chi connectivity index (χ3n) is 5.14. The van der Waals surface area contributed by atoms with Gasteiger partial charge in [-0.1, -0.05) is 12.1 Å². The van der Waals surface area contributed by atoms with Gasteiger partial charge in [0.2, 0.25) is 0 Å². The predicted octanol–water partition coefficient (Wildman–Crippen LogP) is 2.12. The summed E-state index contributed by atoms with van der Waals surface area (Å²) < 4.78 is 24.7. The zero-order valence-electron chi connectivity index (χ0n) is 12.6. The summed E-state index contributed by atoms with van der Waals surface area (Å²) in [7, 11) is 0. The number of carbonyl (C=O) groups is 1. The molecule has 4 rings (SSSR count). The SMILES string of the molecule is CCO[C@H]1OC2CC(=O)[C@@H]3C[C@H]1[C@H]2N3Cc1ccc(F)cc1. The molecule has 1 aromatic rings.